The minimum absolute atomic E-state index is 0.000595. The Bertz CT molecular complexity index is 1060. The van der Waals surface area contributed by atoms with Gasteiger partial charge in [0.05, 0.1) is 16.4 Å². The third-order valence-corrected chi connectivity index (χ3v) is 14.3. The van der Waals surface area contributed by atoms with Crippen LogP contribution in [0.1, 0.15) is 153 Å². The van der Waals surface area contributed by atoms with Crippen molar-refractivity contribution < 1.29 is 24.2 Å². The van der Waals surface area contributed by atoms with Crippen LogP contribution in [0.15, 0.2) is 0 Å². The summed E-state index contributed by atoms with van der Waals surface area (Å²) in [4.78, 5) is 25.1. The van der Waals surface area contributed by atoms with Gasteiger partial charge in [0.1, 0.15) is 11.2 Å². The van der Waals surface area contributed by atoms with Gasteiger partial charge in [-0.3, -0.25) is 9.59 Å². The van der Waals surface area contributed by atoms with Gasteiger partial charge < -0.3 is 14.6 Å². The van der Waals surface area contributed by atoms with E-state index in [0.29, 0.717) is 29.6 Å². The molecule has 0 radical (unpaired) electrons. The van der Waals surface area contributed by atoms with Gasteiger partial charge in [-0.15, -0.1) is 0 Å². The van der Waals surface area contributed by atoms with Crippen LogP contribution in [0.5, 0.6) is 0 Å². The van der Waals surface area contributed by atoms with Crippen molar-refractivity contribution >= 4 is 11.9 Å². The fourth-order valence-electron chi connectivity index (χ4n) is 11.2. The maximum Gasteiger partial charge on any atom is 0.312 e. The lowest BCUT2D eigenvalue weighted by atomic mass is 9.52. The summed E-state index contributed by atoms with van der Waals surface area (Å²) < 4.78 is 12.2. The van der Waals surface area contributed by atoms with E-state index >= 15 is 0 Å². The lowest BCUT2D eigenvalue weighted by molar-refractivity contribution is -0.225. The molecule has 6 bridgehead atoms. The van der Waals surface area contributed by atoms with Gasteiger partial charge in [-0.1, -0.05) is 34.6 Å². The zero-order valence-electron chi connectivity index (χ0n) is 28.7. The summed E-state index contributed by atoms with van der Waals surface area (Å²) in [5.41, 5.74) is -1.16. The van der Waals surface area contributed by atoms with Crippen LogP contribution in [0.4, 0.5) is 0 Å². The van der Waals surface area contributed by atoms with E-state index in [1.165, 1.54) is 32.1 Å². The Kier molecular flexibility index (Phi) is 7.85. The van der Waals surface area contributed by atoms with Crippen LogP contribution in [0.25, 0.3) is 0 Å². The molecule has 7 atom stereocenters. The van der Waals surface area contributed by atoms with Crippen LogP contribution in [-0.2, 0) is 19.1 Å². The molecule has 0 aromatic carbocycles. The zero-order valence-corrected chi connectivity index (χ0v) is 28.7. The molecular formula is C37H62O5. The first-order chi connectivity index (χ1) is 19.3. The molecule has 1 spiro atoms. The summed E-state index contributed by atoms with van der Waals surface area (Å²) in [6.07, 6.45) is 13.6. The molecule has 1 N–H and O–H groups in total. The van der Waals surface area contributed by atoms with Crippen molar-refractivity contribution in [3.8, 4) is 0 Å². The van der Waals surface area contributed by atoms with Crippen molar-refractivity contribution in [1.29, 1.82) is 0 Å². The van der Waals surface area contributed by atoms with Crippen molar-refractivity contribution in [3.63, 3.8) is 0 Å². The van der Waals surface area contributed by atoms with Crippen LogP contribution in [0.2, 0.25) is 0 Å². The predicted octanol–water partition coefficient (Wildman–Crippen LogP) is 8.65. The van der Waals surface area contributed by atoms with Crippen molar-refractivity contribution in [2.45, 2.75) is 170 Å². The minimum atomic E-state index is -0.555. The maximum absolute atomic E-state index is 12.7. The molecule has 7 saturated carbocycles. The lowest BCUT2D eigenvalue weighted by Crippen LogP contribution is -2.61. The highest BCUT2D eigenvalue weighted by atomic mass is 16.6. The molecule has 7 aliphatic carbocycles. The molecule has 7 unspecified atom stereocenters. The summed E-state index contributed by atoms with van der Waals surface area (Å²) >= 11 is 0. The van der Waals surface area contributed by atoms with E-state index in [-0.39, 0.29) is 34.0 Å². The first-order valence-corrected chi connectivity index (χ1v) is 17.4. The average Bonchev–Trinajstić information content (AvgIpc) is 3.30. The molecule has 7 aliphatic rings. The SMILES string of the molecule is CCC(C)(C)C(=O)OC1(C)CCC23CC1C(C)(C)C2CCC3C.CCC(C)(C)C(=O)OC12CC3CC(CC(O)(C3)C1)C2. The number of fused-ring (bicyclic) bond motifs is 1. The Morgan fingerprint density at radius 2 is 1.33 bits per heavy atom. The molecule has 5 nitrogen and oxygen atoms in total. The molecule has 0 aromatic heterocycles. The van der Waals surface area contributed by atoms with E-state index in [4.69, 9.17) is 9.47 Å². The van der Waals surface area contributed by atoms with Crippen molar-refractivity contribution in [2.24, 2.45) is 51.2 Å². The number of esters is 2. The van der Waals surface area contributed by atoms with Gasteiger partial charge in [0, 0.05) is 12.3 Å². The Balaban J connectivity index is 0.000000171. The molecule has 0 amide bonds. The number of rotatable bonds is 6. The highest BCUT2D eigenvalue weighted by molar-refractivity contribution is 5.76. The number of hydrogen-bond acceptors (Lipinski definition) is 5. The Morgan fingerprint density at radius 3 is 1.86 bits per heavy atom. The molecule has 0 aromatic rings. The smallest absolute Gasteiger partial charge is 0.312 e. The number of ether oxygens (including phenoxy) is 2. The Hall–Kier alpha value is -1.10. The fourth-order valence-corrected chi connectivity index (χ4v) is 11.2. The second kappa shape index (κ2) is 10.2. The third kappa shape index (κ3) is 5.18. The normalized spacial score (nSPS) is 44.7. The van der Waals surface area contributed by atoms with E-state index < -0.39 is 11.0 Å². The van der Waals surface area contributed by atoms with Crippen LogP contribution < -0.4 is 0 Å². The second-order valence-electron chi connectivity index (χ2n) is 18.3. The molecule has 7 rings (SSSR count). The zero-order chi connectivity index (χ0) is 31.1. The molecule has 0 aliphatic heterocycles. The molecule has 240 valence electrons. The Morgan fingerprint density at radius 1 is 0.786 bits per heavy atom. The van der Waals surface area contributed by atoms with Crippen molar-refractivity contribution in [2.75, 3.05) is 0 Å². The van der Waals surface area contributed by atoms with Gasteiger partial charge in [0.2, 0.25) is 0 Å². The van der Waals surface area contributed by atoms with Gasteiger partial charge in [0.25, 0.3) is 0 Å². The summed E-state index contributed by atoms with van der Waals surface area (Å²) in [6, 6.07) is 0. The van der Waals surface area contributed by atoms with E-state index in [1.54, 1.807) is 0 Å². The van der Waals surface area contributed by atoms with Gasteiger partial charge in [-0.2, -0.15) is 0 Å². The first-order valence-electron chi connectivity index (χ1n) is 17.4. The van der Waals surface area contributed by atoms with Crippen LogP contribution in [0.3, 0.4) is 0 Å². The van der Waals surface area contributed by atoms with Gasteiger partial charge in [0.15, 0.2) is 0 Å². The van der Waals surface area contributed by atoms with E-state index in [2.05, 4.69) is 34.6 Å². The standard InChI is InChI=1S/C21H36O2.C16H26O3/c1-8-18(3,4)17(22)23-20(7)11-12-21-13-16(20)19(5,6)15(21)10-9-14(21)2;1-4-14(2,3)13(17)19-16-8-11-5-12(9-16)7-15(18,6-11)10-16/h14-16H,8-13H2,1-7H3;11-12,18H,4-10H2,1-3H3. The van der Waals surface area contributed by atoms with Crippen LogP contribution in [0, 0.1) is 51.2 Å². The number of carbonyl (C=O) groups excluding carboxylic acids is 2. The third-order valence-electron chi connectivity index (χ3n) is 14.3. The molecule has 42 heavy (non-hydrogen) atoms. The van der Waals surface area contributed by atoms with Crippen molar-refractivity contribution in [3.05, 3.63) is 0 Å². The quantitative estimate of drug-likeness (QED) is 0.315. The highest BCUT2D eigenvalue weighted by Crippen LogP contribution is 2.73. The molecule has 0 heterocycles. The first kappa shape index (κ1) is 32.3. The van der Waals surface area contributed by atoms with Crippen LogP contribution >= 0.6 is 0 Å². The van der Waals surface area contributed by atoms with E-state index in [0.717, 1.165) is 56.8 Å². The van der Waals surface area contributed by atoms with Gasteiger partial charge in [-0.25, -0.2) is 0 Å². The average molecular weight is 587 g/mol. The second-order valence-corrected chi connectivity index (χ2v) is 18.3. The topological polar surface area (TPSA) is 72.8 Å². The Labute approximate surface area is 256 Å². The van der Waals surface area contributed by atoms with Gasteiger partial charge >= 0.3 is 11.9 Å². The summed E-state index contributed by atoms with van der Waals surface area (Å²) in [5.74, 6) is 3.19. The summed E-state index contributed by atoms with van der Waals surface area (Å²) in [7, 11) is 0. The lowest BCUT2D eigenvalue weighted by Gasteiger charge is -2.59. The maximum atomic E-state index is 12.7. The summed E-state index contributed by atoms with van der Waals surface area (Å²) in [5, 5.41) is 10.6. The highest BCUT2D eigenvalue weighted by Gasteiger charge is 2.69. The summed E-state index contributed by atoms with van der Waals surface area (Å²) in [6.45, 7) is 21.6. The van der Waals surface area contributed by atoms with Crippen LogP contribution in [-0.4, -0.2) is 33.8 Å². The van der Waals surface area contributed by atoms with E-state index in [1.807, 2.05) is 34.6 Å². The molecule has 7 fully saturated rings. The molecular weight excluding hydrogens is 524 g/mol. The monoisotopic (exact) mass is 586 g/mol. The molecule has 5 heteroatoms. The van der Waals surface area contributed by atoms with Gasteiger partial charge in [-0.05, 0) is 146 Å². The van der Waals surface area contributed by atoms with Crippen molar-refractivity contribution in [1.82, 2.24) is 0 Å². The number of carbonyl (C=O) groups is 2. The van der Waals surface area contributed by atoms with E-state index in [9.17, 15) is 14.7 Å². The number of aliphatic hydroxyl groups is 1. The molecule has 0 saturated heterocycles. The fraction of sp³-hybridized carbons (Fsp3) is 0.946. The largest absolute Gasteiger partial charge is 0.459 e. The minimum Gasteiger partial charge on any atom is -0.459 e. The number of hydrogen-bond donors (Lipinski definition) is 1. The predicted molar refractivity (Wildman–Crippen MR) is 167 cm³/mol.